The molecule has 0 spiro atoms. The van der Waals surface area contributed by atoms with Crippen molar-refractivity contribution in [1.29, 1.82) is 0 Å². The van der Waals surface area contributed by atoms with E-state index in [0.29, 0.717) is 11.3 Å². The lowest BCUT2D eigenvalue weighted by Gasteiger charge is -2.40. The van der Waals surface area contributed by atoms with Gasteiger partial charge in [0.25, 0.3) is 0 Å². The summed E-state index contributed by atoms with van der Waals surface area (Å²) in [5, 5.41) is 0. The van der Waals surface area contributed by atoms with E-state index in [1.54, 1.807) is 13.2 Å². The maximum atomic E-state index is 14.5. The molecule has 0 bridgehead atoms. The summed E-state index contributed by atoms with van der Waals surface area (Å²) in [6, 6.07) is 15.9. The van der Waals surface area contributed by atoms with Gasteiger partial charge in [-0.15, -0.1) is 0 Å². The molecule has 1 atom stereocenters. The minimum absolute atomic E-state index is 0.0206. The number of ether oxygens (including phenoxy) is 1. The SMILES string of the molecule is COc1cccc(F)c1C(C)N1CCN(CCN2CCN(CCc3ccccc3)CC2)CC1. The first kappa shape index (κ1) is 24.1. The lowest BCUT2D eigenvalue weighted by atomic mass is 10.0. The molecule has 2 aliphatic heterocycles. The fourth-order valence-electron chi connectivity index (χ4n) is 5.11. The Hall–Kier alpha value is -1.99. The minimum atomic E-state index is -0.174. The standard InChI is InChI=1S/C27H39FN4O/c1-23(27-25(28)9-6-10-26(27)33-2)32-21-19-31(20-22-32)18-17-30-15-13-29(14-16-30)12-11-24-7-4-3-5-8-24/h3-10,23H,11-22H2,1-2H3. The van der Waals surface area contributed by atoms with Crippen LogP contribution in [0.1, 0.15) is 24.1 Å². The number of halogens is 1. The zero-order valence-corrected chi connectivity index (χ0v) is 20.3. The second-order valence-corrected chi connectivity index (χ2v) is 9.33. The van der Waals surface area contributed by atoms with Crippen molar-refractivity contribution in [3.63, 3.8) is 0 Å². The van der Waals surface area contributed by atoms with Crippen LogP contribution >= 0.6 is 0 Å². The summed E-state index contributed by atoms with van der Waals surface area (Å²) in [4.78, 5) is 10.1. The highest BCUT2D eigenvalue weighted by Gasteiger charge is 2.26. The maximum absolute atomic E-state index is 14.5. The summed E-state index contributed by atoms with van der Waals surface area (Å²) in [5.41, 5.74) is 2.11. The van der Waals surface area contributed by atoms with E-state index in [-0.39, 0.29) is 11.9 Å². The molecular formula is C27H39FN4O. The van der Waals surface area contributed by atoms with E-state index in [4.69, 9.17) is 4.74 Å². The van der Waals surface area contributed by atoms with Crippen molar-refractivity contribution in [3.8, 4) is 5.75 Å². The molecular weight excluding hydrogens is 415 g/mol. The van der Waals surface area contributed by atoms with Gasteiger partial charge in [-0.25, -0.2) is 4.39 Å². The first-order chi connectivity index (χ1) is 16.1. The number of hydrogen-bond acceptors (Lipinski definition) is 5. The molecule has 0 N–H and O–H groups in total. The fraction of sp³-hybridized carbons (Fsp3) is 0.556. The van der Waals surface area contributed by atoms with Crippen LogP contribution in [-0.4, -0.2) is 98.7 Å². The van der Waals surface area contributed by atoms with E-state index in [2.05, 4.69) is 56.9 Å². The average molecular weight is 455 g/mol. The third-order valence-electron chi connectivity index (χ3n) is 7.36. The zero-order valence-electron chi connectivity index (χ0n) is 20.3. The predicted molar refractivity (Wildman–Crippen MR) is 132 cm³/mol. The van der Waals surface area contributed by atoms with Gasteiger partial charge in [-0.2, -0.15) is 0 Å². The van der Waals surface area contributed by atoms with Crippen LogP contribution in [0, 0.1) is 5.82 Å². The van der Waals surface area contributed by atoms with Gasteiger partial charge in [-0.05, 0) is 31.0 Å². The molecule has 1 unspecified atom stereocenters. The number of methoxy groups -OCH3 is 1. The molecule has 33 heavy (non-hydrogen) atoms. The van der Waals surface area contributed by atoms with Crippen molar-refractivity contribution in [2.24, 2.45) is 0 Å². The van der Waals surface area contributed by atoms with Crippen LogP contribution in [-0.2, 0) is 6.42 Å². The highest BCUT2D eigenvalue weighted by Crippen LogP contribution is 2.32. The maximum Gasteiger partial charge on any atom is 0.131 e. The van der Waals surface area contributed by atoms with Crippen molar-refractivity contribution in [2.75, 3.05) is 79.1 Å². The Kier molecular flexibility index (Phi) is 8.73. The molecule has 2 aromatic rings. The predicted octanol–water partition coefficient (Wildman–Crippen LogP) is 3.37. The number of nitrogens with zero attached hydrogens (tertiary/aromatic N) is 4. The van der Waals surface area contributed by atoms with E-state index in [1.165, 1.54) is 37.8 Å². The van der Waals surface area contributed by atoms with E-state index < -0.39 is 0 Å². The van der Waals surface area contributed by atoms with Crippen LogP contribution in [0.25, 0.3) is 0 Å². The molecule has 2 aromatic carbocycles. The first-order valence-electron chi connectivity index (χ1n) is 12.4. The van der Waals surface area contributed by atoms with Gasteiger partial charge in [0.2, 0.25) is 0 Å². The molecule has 4 rings (SSSR count). The molecule has 2 aliphatic rings. The number of rotatable bonds is 9. The molecule has 2 saturated heterocycles. The van der Waals surface area contributed by atoms with Crippen LogP contribution in [0.15, 0.2) is 48.5 Å². The molecule has 0 saturated carbocycles. The van der Waals surface area contributed by atoms with Crippen molar-refractivity contribution in [1.82, 2.24) is 19.6 Å². The van der Waals surface area contributed by atoms with Crippen LogP contribution in [0.3, 0.4) is 0 Å². The number of benzene rings is 2. The van der Waals surface area contributed by atoms with Gasteiger partial charge >= 0.3 is 0 Å². The first-order valence-corrected chi connectivity index (χ1v) is 12.4. The summed E-state index contributed by atoms with van der Waals surface area (Å²) < 4.78 is 19.9. The average Bonchev–Trinajstić information content (AvgIpc) is 2.87. The Bertz CT molecular complexity index is 848. The molecule has 0 aromatic heterocycles. The summed E-state index contributed by atoms with van der Waals surface area (Å²) in [6.07, 6.45) is 1.14. The van der Waals surface area contributed by atoms with Crippen molar-refractivity contribution >= 4 is 0 Å². The second-order valence-electron chi connectivity index (χ2n) is 9.33. The highest BCUT2D eigenvalue weighted by molar-refractivity contribution is 5.37. The van der Waals surface area contributed by atoms with Crippen LogP contribution in [0.4, 0.5) is 4.39 Å². The third kappa shape index (κ3) is 6.54. The van der Waals surface area contributed by atoms with E-state index in [9.17, 15) is 4.39 Å². The Morgan fingerprint density at radius 1 is 0.758 bits per heavy atom. The van der Waals surface area contributed by atoms with E-state index >= 15 is 0 Å². The van der Waals surface area contributed by atoms with Gasteiger partial charge in [0.05, 0.1) is 7.11 Å². The molecule has 180 valence electrons. The quantitative estimate of drug-likeness (QED) is 0.578. The third-order valence-corrected chi connectivity index (χ3v) is 7.36. The number of hydrogen-bond donors (Lipinski definition) is 0. The van der Waals surface area contributed by atoms with Crippen molar-refractivity contribution < 1.29 is 9.13 Å². The minimum Gasteiger partial charge on any atom is -0.496 e. The Morgan fingerprint density at radius 2 is 1.33 bits per heavy atom. The van der Waals surface area contributed by atoms with Crippen molar-refractivity contribution in [3.05, 3.63) is 65.5 Å². The van der Waals surface area contributed by atoms with Gasteiger partial charge in [-0.1, -0.05) is 36.4 Å². The van der Waals surface area contributed by atoms with Gasteiger partial charge in [0.15, 0.2) is 0 Å². The molecule has 0 aliphatic carbocycles. The van der Waals surface area contributed by atoms with Crippen LogP contribution in [0.2, 0.25) is 0 Å². The number of piperazine rings is 2. The molecule has 0 amide bonds. The van der Waals surface area contributed by atoms with Gasteiger partial charge in [0.1, 0.15) is 11.6 Å². The van der Waals surface area contributed by atoms with Crippen LogP contribution < -0.4 is 4.74 Å². The molecule has 6 heteroatoms. The Morgan fingerprint density at radius 3 is 1.94 bits per heavy atom. The topological polar surface area (TPSA) is 22.2 Å². The Labute approximate surface area is 198 Å². The van der Waals surface area contributed by atoms with Gasteiger partial charge < -0.3 is 9.64 Å². The van der Waals surface area contributed by atoms with Gasteiger partial charge in [-0.3, -0.25) is 14.7 Å². The highest BCUT2D eigenvalue weighted by atomic mass is 19.1. The molecule has 0 radical (unpaired) electrons. The second kappa shape index (κ2) is 11.9. The summed E-state index contributed by atoms with van der Waals surface area (Å²) >= 11 is 0. The van der Waals surface area contributed by atoms with Crippen LogP contribution in [0.5, 0.6) is 5.75 Å². The summed E-state index contributed by atoms with van der Waals surface area (Å²) in [6.45, 7) is 14.2. The monoisotopic (exact) mass is 454 g/mol. The largest absolute Gasteiger partial charge is 0.496 e. The lowest BCUT2D eigenvalue weighted by molar-refractivity contribution is 0.0791. The zero-order chi connectivity index (χ0) is 23.0. The summed E-state index contributed by atoms with van der Waals surface area (Å²) in [5.74, 6) is 0.472. The van der Waals surface area contributed by atoms with E-state index in [1.807, 2.05) is 6.07 Å². The molecule has 2 fully saturated rings. The smallest absolute Gasteiger partial charge is 0.131 e. The van der Waals surface area contributed by atoms with Gasteiger partial charge in [0, 0.05) is 83.6 Å². The summed E-state index contributed by atoms with van der Waals surface area (Å²) in [7, 11) is 1.62. The van der Waals surface area contributed by atoms with Crippen molar-refractivity contribution in [2.45, 2.75) is 19.4 Å². The Balaban J connectivity index is 1.15. The molecule has 2 heterocycles. The molecule has 5 nitrogen and oxygen atoms in total. The lowest BCUT2D eigenvalue weighted by Crippen LogP contribution is -2.51. The van der Waals surface area contributed by atoms with E-state index in [0.717, 1.165) is 52.2 Å². The normalized spacial score (nSPS) is 20.1. The fourth-order valence-corrected chi connectivity index (χ4v) is 5.11.